The molecule has 0 aliphatic carbocycles. The van der Waals surface area contributed by atoms with Gasteiger partial charge in [-0.05, 0) is 36.2 Å². The number of aryl methyl sites for hydroxylation is 2. The molecule has 1 aliphatic heterocycles. The Bertz CT molecular complexity index is 410. The molecule has 0 atom stereocenters. The van der Waals surface area contributed by atoms with Gasteiger partial charge in [0.1, 0.15) is 0 Å². The molecule has 0 aromatic carbocycles. The average molecular weight is 302 g/mol. The molecule has 5 heteroatoms. The molecule has 1 aromatic rings. The highest BCUT2D eigenvalue weighted by atomic mass is 79.9. The second-order valence-corrected chi connectivity index (χ2v) is 5.68. The molecule has 0 radical (unpaired) electrons. The van der Waals surface area contributed by atoms with Gasteiger partial charge in [0.05, 0.1) is 21.5 Å². The first kappa shape index (κ1) is 13.1. The molecule has 1 fully saturated rings. The summed E-state index contributed by atoms with van der Waals surface area (Å²) >= 11 is 3.60. The van der Waals surface area contributed by atoms with Crippen molar-refractivity contribution in [2.24, 2.45) is 0 Å². The maximum atomic E-state index is 9.99. The molecule has 1 aliphatic rings. The zero-order valence-electron chi connectivity index (χ0n) is 10.7. The minimum atomic E-state index is -0.460. The summed E-state index contributed by atoms with van der Waals surface area (Å²) < 4.78 is 3.13. The van der Waals surface area contributed by atoms with Crippen molar-refractivity contribution in [2.45, 2.75) is 45.9 Å². The number of hydrogen-bond donors (Lipinski definition) is 1. The molecule has 0 amide bonds. The van der Waals surface area contributed by atoms with Gasteiger partial charge in [-0.3, -0.25) is 9.58 Å². The van der Waals surface area contributed by atoms with E-state index in [0.29, 0.717) is 0 Å². The molecule has 4 nitrogen and oxygen atoms in total. The van der Waals surface area contributed by atoms with E-state index in [4.69, 9.17) is 0 Å². The van der Waals surface area contributed by atoms with Crippen LogP contribution < -0.4 is 0 Å². The van der Waals surface area contributed by atoms with Crippen molar-refractivity contribution in [3.05, 3.63) is 15.9 Å². The summed E-state index contributed by atoms with van der Waals surface area (Å²) in [6, 6.07) is 0. The third-order valence-corrected chi connectivity index (χ3v) is 4.55. The first-order valence-corrected chi connectivity index (χ1v) is 6.95. The van der Waals surface area contributed by atoms with Gasteiger partial charge in [-0.1, -0.05) is 6.92 Å². The van der Waals surface area contributed by atoms with Crippen molar-refractivity contribution in [1.29, 1.82) is 0 Å². The molecule has 1 aromatic heterocycles. The highest BCUT2D eigenvalue weighted by Gasteiger charge is 2.39. The summed E-state index contributed by atoms with van der Waals surface area (Å²) in [6.07, 6.45) is 0.830. The lowest BCUT2D eigenvalue weighted by atomic mass is 9.91. The highest BCUT2D eigenvalue weighted by Crippen LogP contribution is 2.29. The normalized spacial score (nSPS) is 19.4. The molecule has 0 bridgehead atoms. The van der Waals surface area contributed by atoms with Crippen molar-refractivity contribution in [3.8, 4) is 0 Å². The van der Waals surface area contributed by atoms with Gasteiger partial charge >= 0.3 is 0 Å². The molecule has 1 saturated heterocycles. The summed E-state index contributed by atoms with van der Waals surface area (Å²) in [5.74, 6) is 0. The summed E-state index contributed by atoms with van der Waals surface area (Å²) in [6.45, 7) is 9.42. The number of rotatable bonds is 4. The van der Waals surface area contributed by atoms with Crippen LogP contribution in [0.4, 0.5) is 0 Å². The summed E-state index contributed by atoms with van der Waals surface area (Å²) in [4.78, 5) is 2.26. The van der Waals surface area contributed by atoms with Crippen LogP contribution in [0.1, 0.15) is 31.7 Å². The summed E-state index contributed by atoms with van der Waals surface area (Å²) in [7, 11) is 0. The predicted molar refractivity (Wildman–Crippen MR) is 70.9 cm³/mol. The first-order chi connectivity index (χ1) is 7.99. The molecule has 2 rings (SSSR count). The molecule has 2 heterocycles. The molecular weight excluding hydrogens is 282 g/mol. The Morgan fingerprint density at radius 3 is 2.59 bits per heavy atom. The smallest absolute Gasteiger partial charge is 0.0897 e. The Kier molecular flexibility index (Phi) is 3.61. The second-order valence-electron chi connectivity index (χ2n) is 4.88. The molecular formula is C12H20BrN3O. The van der Waals surface area contributed by atoms with Gasteiger partial charge in [0, 0.05) is 26.2 Å². The summed E-state index contributed by atoms with van der Waals surface area (Å²) in [5.41, 5.74) is 1.79. The quantitative estimate of drug-likeness (QED) is 0.924. The van der Waals surface area contributed by atoms with Crippen LogP contribution in [-0.2, 0) is 13.1 Å². The fraction of sp³-hybridized carbons (Fsp3) is 0.750. The zero-order valence-corrected chi connectivity index (χ0v) is 12.3. The van der Waals surface area contributed by atoms with Gasteiger partial charge in [0.2, 0.25) is 0 Å². The van der Waals surface area contributed by atoms with Crippen LogP contribution in [0.15, 0.2) is 4.47 Å². The zero-order chi connectivity index (χ0) is 12.6. The number of halogens is 1. The number of aliphatic hydroxyl groups is 1. The third kappa shape index (κ3) is 2.41. The third-order valence-electron chi connectivity index (χ3n) is 3.52. The fourth-order valence-electron chi connectivity index (χ4n) is 2.35. The van der Waals surface area contributed by atoms with E-state index in [0.717, 1.165) is 42.8 Å². The van der Waals surface area contributed by atoms with E-state index in [1.54, 1.807) is 0 Å². The van der Waals surface area contributed by atoms with Gasteiger partial charge in [0.15, 0.2) is 0 Å². The fourth-order valence-corrected chi connectivity index (χ4v) is 2.76. The molecule has 0 saturated carbocycles. The monoisotopic (exact) mass is 301 g/mol. The highest BCUT2D eigenvalue weighted by molar-refractivity contribution is 9.10. The van der Waals surface area contributed by atoms with E-state index in [1.807, 2.05) is 18.5 Å². The SMILES string of the molecule is CCn1nc(C)c(Br)c1CN1CC(O)(CC)C1. The Labute approximate surface area is 111 Å². The topological polar surface area (TPSA) is 41.3 Å². The minimum Gasteiger partial charge on any atom is -0.387 e. The van der Waals surface area contributed by atoms with Crippen molar-refractivity contribution in [1.82, 2.24) is 14.7 Å². The number of hydrogen-bond acceptors (Lipinski definition) is 3. The van der Waals surface area contributed by atoms with E-state index in [2.05, 4.69) is 32.9 Å². The van der Waals surface area contributed by atoms with Gasteiger partial charge in [-0.15, -0.1) is 0 Å². The first-order valence-electron chi connectivity index (χ1n) is 6.15. The Morgan fingerprint density at radius 1 is 1.41 bits per heavy atom. The van der Waals surface area contributed by atoms with Crippen LogP contribution in [0.3, 0.4) is 0 Å². The predicted octanol–water partition coefficient (Wildman–Crippen LogP) is 1.93. The lowest BCUT2D eigenvalue weighted by Crippen LogP contribution is -2.60. The molecule has 96 valence electrons. The van der Waals surface area contributed by atoms with Crippen LogP contribution in [0, 0.1) is 6.92 Å². The van der Waals surface area contributed by atoms with Crippen LogP contribution in [0.2, 0.25) is 0 Å². The van der Waals surface area contributed by atoms with Gasteiger partial charge < -0.3 is 5.11 Å². The van der Waals surface area contributed by atoms with Crippen LogP contribution in [0.5, 0.6) is 0 Å². The van der Waals surface area contributed by atoms with Gasteiger partial charge in [-0.25, -0.2) is 0 Å². The molecule has 17 heavy (non-hydrogen) atoms. The Hall–Kier alpha value is -0.390. The van der Waals surface area contributed by atoms with Crippen LogP contribution >= 0.6 is 15.9 Å². The lowest BCUT2D eigenvalue weighted by molar-refractivity contribution is -0.104. The molecule has 0 spiro atoms. The van der Waals surface area contributed by atoms with Crippen LogP contribution in [0.25, 0.3) is 0 Å². The Balaban J connectivity index is 2.05. The largest absolute Gasteiger partial charge is 0.387 e. The van der Waals surface area contributed by atoms with E-state index in [-0.39, 0.29) is 0 Å². The maximum absolute atomic E-state index is 9.99. The Morgan fingerprint density at radius 2 is 2.06 bits per heavy atom. The van der Waals surface area contributed by atoms with Crippen molar-refractivity contribution in [2.75, 3.05) is 13.1 Å². The van der Waals surface area contributed by atoms with E-state index < -0.39 is 5.60 Å². The average Bonchev–Trinajstić information content (AvgIpc) is 2.54. The van der Waals surface area contributed by atoms with Crippen molar-refractivity contribution in [3.63, 3.8) is 0 Å². The molecule has 1 N–H and O–H groups in total. The van der Waals surface area contributed by atoms with Crippen LogP contribution in [-0.4, -0.2) is 38.5 Å². The molecule has 0 unspecified atom stereocenters. The van der Waals surface area contributed by atoms with E-state index in [9.17, 15) is 5.11 Å². The van der Waals surface area contributed by atoms with Crippen molar-refractivity contribution >= 4 is 15.9 Å². The van der Waals surface area contributed by atoms with Gasteiger partial charge in [-0.2, -0.15) is 5.10 Å². The number of β-amino-alcohol motifs (C(OH)–C–C–N with tert-alkyl or cyclic N) is 1. The number of aromatic nitrogens is 2. The number of likely N-dealkylation sites (tertiary alicyclic amines) is 1. The minimum absolute atomic E-state index is 0.460. The van der Waals surface area contributed by atoms with E-state index in [1.165, 1.54) is 5.69 Å². The lowest BCUT2D eigenvalue weighted by Gasteiger charge is -2.46. The maximum Gasteiger partial charge on any atom is 0.0897 e. The van der Waals surface area contributed by atoms with Crippen molar-refractivity contribution < 1.29 is 5.11 Å². The standard InChI is InChI=1S/C12H20BrN3O/c1-4-12(17)7-15(8-12)6-10-11(13)9(3)14-16(10)5-2/h17H,4-8H2,1-3H3. The second kappa shape index (κ2) is 4.71. The van der Waals surface area contributed by atoms with E-state index >= 15 is 0 Å². The van der Waals surface area contributed by atoms with Gasteiger partial charge in [0.25, 0.3) is 0 Å². The summed E-state index contributed by atoms with van der Waals surface area (Å²) in [5, 5.41) is 14.5. The number of nitrogens with zero attached hydrogens (tertiary/aromatic N) is 3.